The molecule has 0 radical (unpaired) electrons. The van der Waals surface area contributed by atoms with Crippen LogP contribution in [0.5, 0.6) is 0 Å². The quantitative estimate of drug-likeness (QED) is 0.543. The van der Waals surface area contributed by atoms with Crippen LogP contribution in [0.3, 0.4) is 0 Å². The number of hydrogen-bond acceptors (Lipinski definition) is 3. The fourth-order valence-corrected chi connectivity index (χ4v) is 1.66. The van der Waals surface area contributed by atoms with Gasteiger partial charge in [0, 0.05) is 12.4 Å². The minimum absolute atomic E-state index is 0.886. The Morgan fingerprint density at radius 2 is 2.45 bits per heavy atom. The summed E-state index contributed by atoms with van der Waals surface area (Å²) in [6.45, 7) is 0.886. The molecule has 2 aliphatic heterocycles. The van der Waals surface area contributed by atoms with E-state index in [-0.39, 0.29) is 0 Å². The van der Waals surface area contributed by atoms with E-state index in [0.717, 1.165) is 6.54 Å². The number of thioether (sulfide) groups is 1. The van der Waals surface area contributed by atoms with Crippen LogP contribution in [-0.2, 0) is 0 Å². The predicted octanol–water partition coefficient (Wildman–Crippen LogP) is 1.95. The lowest BCUT2D eigenvalue weighted by Gasteiger charge is -2.20. The summed E-state index contributed by atoms with van der Waals surface area (Å²) in [5, 5.41) is 3.25. The molecule has 11 heavy (non-hydrogen) atoms. The van der Waals surface area contributed by atoms with Crippen LogP contribution in [0.15, 0.2) is 40.0 Å². The summed E-state index contributed by atoms with van der Waals surface area (Å²) in [7, 11) is 0. The van der Waals surface area contributed by atoms with Crippen molar-refractivity contribution >= 4 is 18.0 Å². The largest absolute Gasteiger partial charge is 0.336 e. The van der Waals surface area contributed by atoms with Crippen molar-refractivity contribution in [2.75, 3.05) is 6.54 Å². The highest BCUT2D eigenvalue weighted by molar-refractivity contribution is 8.05. The second-order valence-electron chi connectivity index (χ2n) is 2.24. The molecular weight excluding hydrogens is 156 g/mol. The second kappa shape index (κ2) is 2.96. The van der Waals surface area contributed by atoms with Gasteiger partial charge in [0.15, 0.2) is 0 Å². The van der Waals surface area contributed by atoms with E-state index in [1.807, 2.05) is 24.6 Å². The van der Waals surface area contributed by atoms with Crippen LogP contribution in [0.1, 0.15) is 0 Å². The first kappa shape index (κ1) is 6.73. The summed E-state index contributed by atoms with van der Waals surface area (Å²) in [5.41, 5.74) is 0. The van der Waals surface area contributed by atoms with Gasteiger partial charge in [-0.3, -0.25) is 4.99 Å². The number of fused-ring (bicyclic) bond motifs is 1. The Labute approximate surface area is 70.0 Å². The van der Waals surface area contributed by atoms with E-state index in [1.165, 1.54) is 5.03 Å². The van der Waals surface area contributed by atoms with Crippen LogP contribution in [0.2, 0.25) is 0 Å². The minimum Gasteiger partial charge on any atom is -0.336 e. The fraction of sp³-hybridized carbons (Fsp3) is 0.125. The zero-order valence-electron chi connectivity index (χ0n) is 5.97. The van der Waals surface area contributed by atoms with Gasteiger partial charge in [-0.15, -0.1) is 0 Å². The molecular formula is C8H8N2S. The third-order valence-corrected chi connectivity index (χ3v) is 2.37. The molecule has 0 spiro atoms. The molecule has 0 saturated carbocycles. The number of nitrogens with zero attached hydrogens (tertiary/aromatic N) is 2. The van der Waals surface area contributed by atoms with Gasteiger partial charge in [0.05, 0.1) is 17.8 Å². The number of aliphatic imine (C=N–C) groups is 1. The molecule has 0 unspecified atom stereocenters. The molecule has 0 atom stereocenters. The van der Waals surface area contributed by atoms with E-state index in [4.69, 9.17) is 0 Å². The molecule has 0 saturated heterocycles. The van der Waals surface area contributed by atoms with Gasteiger partial charge in [-0.05, 0) is 11.5 Å². The molecule has 2 nitrogen and oxygen atoms in total. The van der Waals surface area contributed by atoms with E-state index in [0.29, 0.717) is 0 Å². The zero-order chi connectivity index (χ0) is 7.52. The summed E-state index contributed by atoms with van der Waals surface area (Å²) in [4.78, 5) is 6.25. The third-order valence-electron chi connectivity index (χ3n) is 1.50. The summed E-state index contributed by atoms with van der Waals surface area (Å²) < 4.78 is 0. The first-order valence-electron chi connectivity index (χ1n) is 3.45. The highest BCUT2D eigenvalue weighted by atomic mass is 32.2. The molecule has 0 bridgehead atoms. The lowest BCUT2D eigenvalue weighted by molar-refractivity contribution is 0.566. The molecule has 0 aliphatic carbocycles. The Bertz CT molecular complexity index is 263. The normalized spacial score (nSPS) is 21.1. The summed E-state index contributed by atoms with van der Waals surface area (Å²) in [6.07, 6.45) is 9.91. The van der Waals surface area contributed by atoms with Crippen molar-refractivity contribution in [2.24, 2.45) is 4.99 Å². The maximum absolute atomic E-state index is 4.09. The van der Waals surface area contributed by atoms with E-state index >= 15 is 0 Å². The highest BCUT2D eigenvalue weighted by Gasteiger charge is 2.08. The van der Waals surface area contributed by atoms with Gasteiger partial charge in [0.2, 0.25) is 0 Å². The van der Waals surface area contributed by atoms with Crippen molar-refractivity contribution in [3.63, 3.8) is 0 Å². The average molecular weight is 164 g/mol. The molecule has 0 aromatic carbocycles. The lowest BCUT2D eigenvalue weighted by Crippen LogP contribution is -2.18. The zero-order valence-corrected chi connectivity index (χ0v) is 6.79. The van der Waals surface area contributed by atoms with Crippen molar-refractivity contribution in [3.8, 4) is 0 Å². The van der Waals surface area contributed by atoms with Crippen LogP contribution >= 0.6 is 11.8 Å². The molecule has 2 rings (SSSR count). The van der Waals surface area contributed by atoms with Crippen molar-refractivity contribution in [3.05, 3.63) is 35.0 Å². The van der Waals surface area contributed by atoms with E-state index in [9.17, 15) is 0 Å². The van der Waals surface area contributed by atoms with Crippen LogP contribution in [0.25, 0.3) is 0 Å². The molecule has 2 heterocycles. The van der Waals surface area contributed by atoms with E-state index < -0.39 is 0 Å². The van der Waals surface area contributed by atoms with Crippen molar-refractivity contribution in [1.82, 2.24) is 4.90 Å². The van der Waals surface area contributed by atoms with Gasteiger partial charge < -0.3 is 4.90 Å². The number of hydrogen-bond donors (Lipinski definition) is 0. The first-order valence-corrected chi connectivity index (χ1v) is 4.33. The smallest absolute Gasteiger partial charge is 0.0979 e. The Morgan fingerprint density at radius 1 is 1.45 bits per heavy atom. The first-order chi connectivity index (χ1) is 5.47. The standard InChI is InChI=1S/C8H8N2S/c1-2-6-11-8-7-9-3-5-10(8)4-1/h1-4,6-7H,5H2. The van der Waals surface area contributed by atoms with Gasteiger partial charge >= 0.3 is 0 Å². The van der Waals surface area contributed by atoms with Gasteiger partial charge in [0.25, 0.3) is 0 Å². The Hall–Kier alpha value is -0.960. The number of rotatable bonds is 0. The van der Waals surface area contributed by atoms with Gasteiger partial charge in [-0.25, -0.2) is 0 Å². The lowest BCUT2D eigenvalue weighted by atomic mass is 10.5. The Balaban J connectivity index is 2.27. The molecule has 0 amide bonds. The van der Waals surface area contributed by atoms with E-state index in [2.05, 4.69) is 21.5 Å². The maximum Gasteiger partial charge on any atom is 0.0979 e. The molecule has 0 aromatic heterocycles. The molecule has 2 aliphatic rings. The van der Waals surface area contributed by atoms with Gasteiger partial charge in [0.1, 0.15) is 0 Å². The Kier molecular flexibility index (Phi) is 1.81. The second-order valence-corrected chi connectivity index (χ2v) is 3.17. The maximum atomic E-state index is 4.09. The molecule has 0 N–H and O–H groups in total. The fourth-order valence-electron chi connectivity index (χ4n) is 0.956. The van der Waals surface area contributed by atoms with Crippen LogP contribution in [0.4, 0.5) is 0 Å². The summed E-state index contributed by atoms with van der Waals surface area (Å²) >= 11 is 1.70. The average Bonchev–Trinajstić information content (AvgIpc) is 2.28. The highest BCUT2D eigenvalue weighted by Crippen LogP contribution is 2.25. The molecule has 0 fully saturated rings. The third kappa shape index (κ3) is 1.38. The molecule has 0 aromatic rings. The van der Waals surface area contributed by atoms with Gasteiger partial charge in [-0.2, -0.15) is 0 Å². The Morgan fingerprint density at radius 3 is 3.45 bits per heavy atom. The minimum atomic E-state index is 0.886. The SMILES string of the molecule is C1=CSC2=CN=CCN2C=C1. The van der Waals surface area contributed by atoms with Crippen LogP contribution in [0, 0.1) is 0 Å². The van der Waals surface area contributed by atoms with Crippen LogP contribution in [-0.4, -0.2) is 17.7 Å². The monoisotopic (exact) mass is 164 g/mol. The summed E-state index contributed by atoms with van der Waals surface area (Å²) in [5.74, 6) is 0. The predicted molar refractivity (Wildman–Crippen MR) is 49.2 cm³/mol. The van der Waals surface area contributed by atoms with E-state index in [1.54, 1.807) is 11.8 Å². The topological polar surface area (TPSA) is 15.6 Å². The van der Waals surface area contributed by atoms with Crippen molar-refractivity contribution in [1.29, 1.82) is 0 Å². The van der Waals surface area contributed by atoms with Gasteiger partial charge in [-0.1, -0.05) is 17.8 Å². The number of allylic oxidation sites excluding steroid dienone is 2. The summed E-state index contributed by atoms with van der Waals surface area (Å²) in [6, 6.07) is 0. The molecule has 56 valence electrons. The van der Waals surface area contributed by atoms with Crippen LogP contribution < -0.4 is 0 Å². The van der Waals surface area contributed by atoms with Crippen molar-refractivity contribution in [2.45, 2.75) is 0 Å². The molecule has 3 heteroatoms. The van der Waals surface area contributed by atoms with Crippen molar-refractivity contribution < 1.29 is 0 Å².